The molecule has 0 unspecified atom stereocenters. The van der Waals surface area contributed by atoms with E-state index in [1.165, 1.54) is 44.2 Å². The summed E-state index contributed by atoms with van der Waals surface area (Å²) in [6, 6.07) is 44.8. The summed E-state index contributed by atoms with van der Waals surface area (Å²) in [7, 11) is -0.342. The highest BCUT2D eigenvalue weighted by Crippen LogP contribution is 2.37. The fraction of sp³-hybridized carbons (Fsp3) is 0.171. The van der Waals surface area contributed by atoms with Crippen LogP contribution in [0.1, 0.15) is 33.3 Å². The Morgan fingerprint density at radius 3 is 1.72 bits per heavy atom. The Labute approximate surface area is 282 Å². The van der Waals surface area contributed by atoms with Gasteiger partial charge in [0.25, 0.3) is 0 Å². The number of allylic oxidation sites excluding steroid dienone is 2. The molecule has 2 heterocycles. The predicted octanol–water partition coefficient (Wildman–Crippen LogP) is 10.8. The number of para-hydroxylation sites is 2. The average molecular weight is 671 g/mol. The molecule has 1 fully saturated rings. The van der Waals surface area contributed by atoms with E-state index in [1.807, 2.05) is 18.2 Å². The number of halogens is 1. The lowest BCUT2D eigenvalue weighted by Gasteiger charge is -2.32. The summed E-state index contributed by atoms with van der Waals surface area (Å²) in [5, 5.41) is 2.52. The fourth-order valence-corrected chi connectivity index (χ4v) is 5.35. The Kier molecular flexibility index (Phi) is 10.2. The van der Waals surface area contributed by atoms with Gasteiger partial charge in [-0.05, 0) is 81.5 Å². The zero-order valence-electron chi connectivity index (χ0n) is 27.3. The summed E-state index contributed by atoms with van der Waals surface area (Å²) < 4.78 is 15.6. The fourth-order valence-electron chi connectivity index (χ4n) is 5.35. The molecule has 1 aliphatic heterocycles. The molecule has 0 radical (unpaired) electrons. The van der Waals surface area contributed by atoms with Gasteiger partial charge in [-0.2, -0.15) is 0 Å². The van der Waals surface area contributed by atoms with Gasteiger partial charge in [0.15, 0.2) is 0 Å². The van der Waals surface area contributed by atoms with Crippen LogP contribution >= 0.6 is 15.9 Å². The van der Waals surface area contributed by atoms with Gasteiger partial charge in [-0.1, -0.05) is 138 Å². The van der Waals surface area contributed by atoms with E-state index in [-0.39, 0.29) is 18.3 Å². The maximum atomic E-state index is 6.22. The summed E-state index contributed by atoms with van der Waals surface area (Å²) in [6.45, 7) is 17.3. The van der Waals surface area contributed by atoms with E-state index >= 15 is 0 Å². The van der Waals surface area contributed by atoms with E-state index < -0.39 is 0 Å². The number of fused-ring (bicyclic) bond motifs is 3. The summed E-state index contributed by atoms with van der Waals surface area (Å²) in [5.41, 5.74) is 7.67. The van der Waals surface area contributed by atoms with Gasteiger partial charge >= 0.3 is 7.12 Å². The molecule has 3 nitrogen and oxygen atoms in total. The van der Waals surface area contributed by atoms with E-state index in [0.29, 0.717) is 0 Å². The molecule has 0 spiro atoms. The molecule has 1 aromatic heterocycles. The van der Waals surface area contributed by atoms with Crippen LogP contribution < -0.4 is 5.46 Å². The van der Waals surface area contributed by atoms with Crippen LogP contribution in [0.2, 0.25) is 0 Å². The summed E-state index contributed by atoms with van der Waals surface area (Å²) in [4.78, 5) is 0. The molecule has 0 N–H and O–H groups in total. The molecule has 232 valence electrons. The summed E-state index contributed by atoms with van der Waals surface area (Å²) in [6.07, 6.45) is 1.64. The number of benzene rings is 5. The quantitative estimate of drug-likeness (QED) is 0.138. The van der Waals surface area contributed by atoms with E-state index in [9.17, 15) is 0 Å². The molecule has 0 bridgehead atoms. The maximum Gasteiger partial charge on any atom is 0.494 e. The second-order valence-electron chi connectivity index (χ2n) is 12.4. The number of nitrogens with zero attached hydrogens (tertiary/aromatic N) is 1. The summed E-state index contributed by atoms with van der Waals surface area (Å²) in [5.74, 6) is 0. The molecule has 1 saturated heterocycles. The van der Waals surface area contributed by atoms with Crippen LogP contribution in [0.3, 0.4) is 0 Å². The van der Waals surface area contributed by atoms with Crippen LogP contribution in [0, 0.1) is 6.92 Å². The van der Waals surface area contributed by atoms with Crippen LogP contribution in [-0.4, -0.2) is 22.9 Å². The molecule has 0 aliphatic carbocycles. The molecule has 46 heavy (non-hydrogen) atoms. The highest BCUT2D eigenvalue weighted by molar-refractivity contribution is 9.11. The molecule has 0 saturated carbocycles. The normalized spacial score (nSPS) is 14.6. The second-order valence-corrected chi connectivity index (χ2v) is 13.5. The van der Waals surface area contributed by atoms with Gasteiger partial charge in [0, 0.05) is 20.9 Å². The zero-order valence-corrected chi connectivity index (χ0v) is 28.9. The van der Waals surface area contributed by atoms with Crippen molar-refractivity contribution in [1.29, 1.82) is 0 Å². The smallest absolute Gasteiger partial charge is 0.399 e. The molecular formula is C41H41BBrNO2. The van der Waals surface area contributed by atoms with Crippen molar-refractivity contribution in [1.82, 2.24) is 4.57 Å². The standard InChI is InChI=1S/C30H28BNO2.C7H8.C4H5Br/c1-29(2)30(3,4)34-31(33-29)23-17-14-21(15-18-23)22-16-19-28-26(20-22)25-12-8-9-13-27(25)32(28)24-10-6-5-7-11-24;1-7-5-3-2-4-6-7;1-3-4(2)5/h5-20H,1-4H3;2-6H,1H3;3H,1-2H2. The number of aryl methyl sites for hydroxylation is 1. The highest BCUT2D eigenvalue weighted by Gasteiger charge is 2.51. The third-order valence-corrected chi connectivity index (χ3v) is 8.94. The first-order valence-corrected chi connectivity index (χ1v) is 16.3. The van der Waals surface area contributed by atoms with Gasteiger partial charge in [-0.25, -0.2) is 0 Å². The van der Waals surface area contributed by atoms with Crippen molar-refractivity contribution in [2.45, 2.75) is 45.8 Å². The SMILES string of the molecule is C=CC(=C)Br.CC1(C)OB(c2ccc(-c3ccc4c(c3)c3ccccc3n4-c3ccccc3)cc2)OC1(C)C.Cc1ccccc1. The Morgan fingerprint density at radius 1 is 0.674 bits per heavy atom. The van der Waals surface area contributed by atoms with Gasteiger partial charge in [0.05, 0.1) is 22.2 Å². The van der Waals surface area contributed by atoms with Gasteiger partial charge in [-0.3, -0.25) is 0 Å². The Balaban J connectivity index is 0.000000294. The van der Waals surface area contributed by atoms with E-state index in [4.69, 9.17) is 9.31 Å². The topological polar surface area (TPSA) is 23.4 Å². The van der Waals surface area contributed by atoms with Crippen molar-refractivity contribution in [3.05, 3.63) is 157 Å². The second kappa shape index (κ2) is 14.1. The van der Waals surface area contributed by atoms with Gasteiger partial charge in [0.1, 0.15) is 0 Å². The molecule has 0 atom stereocenters. The molecule has 7 rings (SSSR count). The monoisotopic (exact) mass is 669 g/mol. The number of rotatable bonds is 4. The third-order valence-electron chi connectivity index (χ3n) is 8.62. The van der Waals surface area contributed by atoms with Crippen LogP contribution in [0.25, 0.3) is 38.6 Å². The van der Waals surface area contributed by atoms with E-state index in [0.717, 1.165) is 9.95 Å². The number of hydrogen-bond acceptors (Lipinski definition) is 2. The molecule has 1 aliphatic rings. The largest absolute Gasteiger partial charge is 0.494 e. The van der Waals surface area contributed by atoms with Crippen molar-refractivity contribution >= 4 is 50.3 Å². The maximum absolute atomic E-state index is 6.22. The van der Waals surface area contributed by atoms with Crippen molar-refractivity contribution in [3.63, 3.8) is 0 Å². The lowest BCUT2D eigenvalue weighted by atomic mass is 9.78. The van der Waals surface area contributed by atoms with Crippen molar-refractivity contribution in [3.8, 4) is 16.8 Å². The first-order chi connectivity index (χ1) is 22.0. The van der Waals surface area contributed by atoms with Crippen LogP contribution in [0.15, 0.2) is 151 Å². The Hall–Kier alpha value is -4.16. The van der Waals surface area contributed by atoms with Gasteiger partial charge < -0.3 is 13.9 Å². The number of hydrogen-bond donors (Lipinski definition) is 0. The molecule has 6 aromatic rings. The molecule has 0 amide bonds. The molecular weight excluding hydrogens is 629 g/mol. The van der Waals surface area contributed by atoms with E-state index in [2.05, 4.69) is 177 Å². The van der Waals surface area contributed by atoms with Gasteiger partial charge in [-0.15, -0.1) is 0 Å². The van der Waals surface area contributed by atoms with E-state index in [1.54, 1.807) is 6.08 Å². The lowest BCUT2D eigenvalue weighted by molar-refractivity contribution is 0.00578. The minimum atomic E-state index is -0.342. The summed E-state index contributed by atoms with van der Waals surface area (Å²) >= 11 is 3.06. The Bertz CT molecular complexity index is 1930. The average Bonchev–Trinajstić information content (AvgIpc) is 3.51. The molecule has 5 aromatic carbocycles. The number of aromatic nitrogens is 1. The van der Waals surface area contributed by atoms with Crippen molar-refractivity contribution in [2.75, 3.05) is 0 Å². The molecule has 5 heteroatoms. The lowest BCUT2D eigenvalue weighted by Crippen LogP contribution is -2.41. The van der Waals surface area contributed by atoms with Crippen LogP contribution in [-0.2, 0) is 9.31 Å². The third kappa shape index (κ3) is 7.29. The van der Waals surface area contributed by atoms with Crippen LogP contribution in [0.4, 0.5) is 0 Å². The first-order valence-electron chi connectivity index (χ1n) is 15.5. The zero-order chi connectivity index (χ0) is 32.9. The minimum Gasteiger partial charge on any atom is -0.399 e. The Morgan fingerprint density at radius 2 is 1.17 bits per heavy atom. The first kappa shape index (κ1) is 33.2. The van der Waals surface area contributed by atoms with Gasteiger partial charge in [0.2, 0.25) is 0 Å². The van der Waals surface area contributed by atoms with Crippen molar-refractivity contribution in [2.24, 2.45) is 0 Å². The minimum absolute atomic E-state index is 0.339. The predicted molar refractivity (Wildman–Crippen MR) is 201 cm³/mol. The van der Waals surface area contributed by atoms with Crippen molar-refractivity contribution < 1.29 is 9.31 Å². The highest BCUT2D eigenvalue weighted by atomic mass is 79.9. The van der Waals surface area contributed by atoms with Crippen LogP contribution in [0.5, 0.6) is 0 Å².